The van der Waals surface area contributed by atoms with Gasteiger partial charge < -0.3 is 0 Å². The molecule has 0 bridgehead atoms. The highest BCUT2D eigenvalue weighted by molar-refractivity contribution is 5.75. The predicted molar refractivity (Wildman–Crippen MR) is 143 cm³/mol. The van der Waals surface area contributed by atoms with Gasteiger partial charge in [-0.25, -0.2) is 0 Å². The SMILES string of the molecule is CCCCCCc1ccc(-c2ccc([C@H]3CC[C@H](CCCCCC)CC3)c(C#N)c2C#N)cc1. The summed E-state index contributed by atoms with van der Waals surface area (Å²) < 4.78 is 0. The van der Waals surface area contributed by atoms with E-state index in [-0.39, 0.29) is 0 Å². The molecule has 2 nitrogen and oxygen atoms in total. The van der Waals surface area contributed by atoms with Crippen LogP contribution in [0.1, 0.15) is 125 Å². The van der Waals surface area contributed by atoms with Crippen LogP contribution in [0.25, 0.3) is 11.1 Å². The molecule has 0 unspecified atom stereocenters. The highest BCUT2D eigenvalue weighted by atomic mass is 14.3. The van der Waals surface area contributed by atoms with E-state index in [2.05, 4.69) is 62.4 Å². The Hall–Kier alpha value is -2.58. The molecule has 1 fully saturated rings. The molecule has 0 N–H and O–H groups in total. The first-order valence-corrected chi connectivity index (χ1v) is 13.8. The maximum absolute atomic E-state index is 10.0. The van der Waals surface area contributed by atoms with Crippen LogP contribution < -0.4 is 0 Å². The Bertz CT molecular complexity index is 966. The number of nitriles is 2. The van der Waals surface area contributed by atoms with Crippen LogP contribution in [0, 0.1) is 28.6 Å². The lowest BCUT2D eigenvalue weighted by Crippen LogP contribution is -2.15. The molecule has 0 saturated heterocycles. The summed E-state index contributed by atoms with van der Waals surface area (Å²) in [5.41, 5.74) is 5.53. The summed E-state index contributed by atoms with van der Waals surface area (Å²) in [7, 11) is 0. The summed E-state index contributed by atoms with van der Waals surface area (Å²) in [6, 6.07) is 17.6. The third kappa shape index (κ3) is 6.96. The summed E-state index contributed by atoms with van der Waals surface area (Å²) in [5, 5.41) is 20.1. The molecule has 0 radical (unpaired) electrons. The average Bonchev–Trinajstić information content (AvgIpc) is 2.89. The van der Waals surface area contributed by atoms with Gasteiger partial charge in [0.15, 0.2) is 0 Å². The number of nitrogens with zero attached hydrogens (tertiary/aromatic N) is 2. The normalized spacial score (nSPS) is 17.8. The number of aryl methyl sites for hydroxylation is 1. The van der Waals surface area contributed by atoms with Gasteiger partial charge in [-0.1, -0.05) is 102 Å². The summed E-state index contributed by atoms with van der Waals surface area (Å²) in [6.45, 7) is 4.51. The number of rotatable bonds is 12. The first kappa shape index (κ1) is 26.0. The first-order chi connectivity index (χ1) is 16.7. The number of hydrogen-bond donors (Lipinski definition) is 0. The maximum Gasteiger partial charge on any atom is 0.101 e. The lowest BCUT2D eigenvalue weighted by atomic mass is 9.75. The van der Waals surface area contributed by atoms with Crippen molar-refractivity contribution >= 4 is 0 Å². The zero-order valence-electron chi connectivity index (χ0n) is 21.4. The van der Waals surface area contributed by atoms with Gasteiger partial charge in [-0.05, 0) is 67.1 Å². The number of benzene rings is 2. The zero-order valence-corrected chi connectivity index (χ0v) is 21.4. The van der Waals surface area contributed by atoms with E-state index in [0.717, 1.165) is 41.9 Å². The highest BCUT2D eigenvalue weighted by Crippen LogP contribution is 2.41. The topological polar surface area (TPSA) is 47.6 Å². The van der Waals surface area contributed by atoms with Crippen molar-refractivity contribution in [3.05, 3.63) is 58.7 Å². The Morgan fingerprint density at radius 1 is 0.706 bits per heavy atom. The largest absolute Gasteiger partial charge is 0.192 e. The molecule has 1 saturated carbocycles. The summed E-state index contributed by atoms with van der Waals surface area (Å²) in [6.07, 6.45) is 17.7. The Balaban J connectivity index is 1.70. The fourth-order valence-electron chi connectivity index (χ4n) is 5.66. The third-order valence-corrected chi connectivity index (χ3v) is 7.80. The molecule has 34 heavy (non-hydrogen) atoms. The maximum atomic E-state index is 10.0. The summed E-state index contributed by atoms with van der Waals surface area (Å²) in [5.74, 6) is 1.25. The molecule has 0 heterocycles. The molecular weight excluding hydrogens is 412 g/mol. The predicted octanol–water partition coefficient (Wildman–Crippen LogP) is 9.46. The fourth-order valence-corrected chi connectivity index (χ4v) is 5.66. The standard InChI is InChI=1S/C32H42N2/c1-3-5-7-9-11-25-13-17-27(18-14-25)29-21-22-30(32(24-34)31(29)23-33)28-19-15-26(16-20-28)12-10-8-6-4-2/h13-14,17-18,21-22,26,28H,3-12,15-16,19-20H2,1-2H3/t26-,28-. The van der Waals surface area contributed by atoms with E-state index < -0.39 is 0 Å². The molecular formula is C32H42N2. The van der Waals surface area contributed by atoms with E-state index in [0.29, 0.717) is 17.0 Å². The highest BCUT2D eigenvalue weighted by Gasteiger charge is 2.26. The van der Waals surface area contributed by atoms with Crippen molar-refractivity contribution in [1.82, 2.24) is 0 Å². The van der Waals surface area contributed by atoms with Crippen LogP contribution in [0.5, 0.6) is 0 Å². The van der Waals surface area contributed by atoms with Crippen LogP contribution in [-0.4, -0.2) is 0 Å². The van der Waals surface area contributed by atoms with Crippen molar-refractivity contribution in [2.24, 2.45) is 5.92 Å². The molecule has 1 aliphatic carbocycles. The Morgan fingerprint density at radius 3 is 1.97 bits per heavy atom. The van der Waals surface area contributed by atoms with Crippen molar-refractivity contribution in [2.45, 2.75) is 110 Å². The quantitative estimate of drug-likeness (QED) is 0.300. The summed E-state index contributed by atoms with van der Waals surface area (Å²) in [4.78, 5) is 0. The van der Waals surface area contributed by atoms with Gasteiger partial charge in [0.05, 0.1) is 11.1 Å². The van der Waals surface area contributed by atoms with E-state index in [1.165, 1.54) is 76.2 Å². The Morgan fingerprint density at radius 2 is 1.35 bits per heavy atom. The molecule has 1 aliphatic rings. The molecule has 0 atom stereocenters. The molecule has 2 aromatic carbocycles. The second-order valence-corrected chi connectivity index (χ2v) is 10.3. The van der Waals surface area contributed by atoms with Gasteiger partial charge in [0.25, 0.3) is 0 Å². The molecule has 2 aromatic rings. The molecule has 0 spiro atoms. The van der Waals surface area contributed by atoms with E-state index in [4.69, 9.17) is 0 Å². The van der Waals surface area contributed by atoms with E-state index in [1.54, 1.807) is 0 Å². The van der Waals surface area contributed by atoms with Crippen LogP contribution in [0.3, 0.4) is 0 Å². The second kappa shape index (κ2) is 14.0. The number of hydrogen-bond acceptors (Lipinski definition) is 2. The molecule has 0 aromatic heterocycles. The van der Waals surface area contributed by atoms with Crippen LogP contribution >= 0.6 is 0 Å². The van der Waals surface area contributed by atoms with Gasteiger partial charge in [-0.3, -0.25) is 0 Å². The van der Waals surface area contributed by atoms with Gasteiger partial charge in [-0.2, -0.15) is 10.5 Å². The van der Waals surface area contributed by atoms with Crippen LogP contribution in [-0.2, 0) is 6.42 Å². The van der Waals surface area contributed by atoms with Crippen molar-refractivity contribution in [3.8, 4) is 23.3 Å². The van der Waals surface area contributed by atoms with Gasteiger partial charge in [0.2, 0.25) is 0 Å². The lowest BCUT2D eigenvalue weighted by Gasteiger charge is -2.29. The monoisotopic (exact) mass is 454 g/mol. The third-order valence-electron chi connectivity index (χ3n) is 7.80. The van der Waals surface area contributed by atoms with Crippen molar-refractivity contribution in [1.29, 1.82) is 10.5 Å². The van der Waals surface area contributed by atoms with E-state index in [1.807, 2.05) is 0 Å². The Labute approximate surface area is 208 Å². The minimum atomic E-state index is 0.410. The van der Waals surface area contributed by atoms with Gasteiger partial charge in [0, 0.05) is 5.56 Å². The van der Waals surface area contributed by atoms with Crippen molar-refractivity contribution < 1.29 is 0 Å². The van der Waals surface area contributed by atoms with Crippen LogP contribution in [0.4, 0.5) is 0 Å². The second-order valence-electron chi connectivity index (χ2n) is 10.3. The van der Waals surface area contributed by atoms with Crippen LogP contribution in [0.15, 0.2) is 36.4 Å². The molecule has 0 amide bonds. The van der Waals surface area contributed by atoms with Gasteiger partial charge in [0.1, 0.15) is 12.1 Å². The average molecular weight is 455 g/mol. The minimum Gasteiger partial charge on any atom is -0.192 e. The van der Waals surface area contributed by atoms with E-state index in [9.17, 15) is 10.5 Å². The molecule has 180 valence electrons. The number of unbranched alkanes of at least 4 members (excludes halogenated alkanes) is 6. The fraction of sp³-hybridized carbons (Fsp3) is 0.562. The molecule has 2 heteroatoms. The lowest BCUT2D eigenvalue weighted by molar-refractivity contribution is 0.302. The summed E-state index contributed by atoms with van der Waals surface area (Å²) >= 11 is 0. The van der Waals surface area contributed by atoms with Crippen molar-refractivity contribution in [3.63, 3.8) is 0 Å². The zero-order chi connectivity index (χ0) is 24.2. The minimum absolute atomic E-state index is 0.410. The Kier molecular flexibility index (Phi) is 10.7. The van der Waals surface area contributed by atoms with E-state index >= 15 is 0 Å². The van der Waals surface area contributed by atoms with Gasteiger partial charge >= 0.3 is 0 Å². The smallest absolute Gasteiger partial charge is 0.101 e. The first-order valence-electron chi connectivity index (χ1n) is 13.8. The van der Waals surface area contributed by atoms with Crippen LogP contribution in [0.2, 0.25) is 0 Å². The van der Waals surface area contributed by atoms with Crippen molar-refractivity contribution in [2.75, 3.05) is 0 Å². The molecule has 0 aliphatic heterocycles. The van der Waals surface area contributed by atoms with Gasteiger partial charge in [-0.15, -0.1) is 0 Å². The molecule has 3 rings (SSSR count).